The molecule has 0 fully saturated rings. The lowest BCUT2D eigenvalue weighted by atomic mass is 10.2. The lowest BCUT2D eigenvalue weighted by Crippen LogP contribution is -2.20. The van der Waals surface area contributed by atoms with Crippen LogP contribution in [0.15, 0.2) is 40.2 Å². The van der Waals surface area contributed by atoms with Gasteiger partial charge in [-0.25, -0.2) is 8.89 Å². The van der Waals surface area contributed by atoms with Gasteiger partial charge in [0.15, 0.2) is 16.5 Å². The summed E-state index contributed by atoms with van der Waals surface area (Å²) in [5, 5.41) is 14.1. The summed E-state index contributed by atoms with van der Waals surface area (Å²) in [4.78, 5) is 13.1. The fourth-order valence-corrected chi connectivity index (χ4v) is 4.27. The molecule has 2 N–H and O–H groups in total. The summed E-state index contributed by atoms with van der Waals surface area (Å²) in [5.41, 5.74) is -8.61. The highest BCUT2D eigenvalue weighted by Gasteiger charge is 2.43. The number of pyridine rings is 1. The molecule has 1 unspecified atom stereocenters. The number of H-pyrrole nitrogens is 1. The van der Waals surface area contributed by atoms with Crippen molar-refractivity contribution in [2.24, 2.45) is 0 Å². The summed E-state index contributed by atoms with van der Waals surface area (Å²) in [6.45, 7) is -0.440. The molecule has 2 heterocycles. The molecule has 2 aromatic heterocycles. The van der Waals surface area contributed by atoms with Gasteiger partial charge in [0.2, 0.25) is 0 Å². The number of nitrogens with one attached hydrogen (secondary N) is 2. The zero-order valence-corrected chi connectivity index (χ0v) is 18.5. The molecule has 0 saturated carbocycles. The Morgan fingerprint density at radius 2 is 1.79 bits per heavy atom. The average molecular weight is 544 g/mol. The minimum absolute atomic E-state index is 0.0297. The van der Waals surface area contributed by atoms with Gasteiger partial charge in [0.25, 0.3) is 5.56 Å². The monoisotopic (exact) mass is 543 g/mol. The third-order valence-corrected chi connectivity index (χ3v) is 6.00. The summed E-state index contributed by atoms with van der Waals surface area (Å²) in [6.07, 6.45) is -3.54. The van der Waals surface area contributed by atoms with E-state index in [9.17, 15) is 40.6 Å². The smallest absolute Gasteiger partial charge is 0.365 e. The van der Waals surface area contributed by atoms with Crippen molar-refractivity contribution in [2.75, 3.05) is 5.32 Å². The molecule has 0 amide bonds. The van der Waals surface area contributed by atoms with Crippen molar-refractivity contribution >= 4 is 39.8 Å². The Morgan fingerprint density at radius 3 is 2.29 bits per heavy atom. The predicted octanol–water partition coefficient (Wildman–Crippen LogP) is 5.00. The maximum Gasteiger partial charge on any atom is 0.476 e. The van der Waals surface area contributed by atoms with Crippen molar-refractivity contribution in [1.29, 1.82) is 5.26 Å². The van der Waals surface area contributed by atoms with Gasteiger partial charge in [0.1, 0.15) is 22.5 Å². The molecule has 16 heteroatoms. The summed E-state index contributed by atoms with van der Waals surface area (Å²) in [7, 11) is -3.79. The van der Waals surface area contributed by atoms with Crippen molar-refractivity contribution < 1.29 is 30.6 Å². The summed E-state index contributed by atoms with van der Waals surface area (Å²) in [6, 6.07) is 5.04. The van der Waals surface area contributed by atoms with Crippen molar-refractivity contribution in [3.63, 3.8) is 0 Å². The molecule has 3 aromatic rings. The van der Waals surface area contributed by atoms with Crippen LogP contribution in [0, 0.1) is 11.3 Å². The maximum atomic E-state index is 13.3. The molecule has 34 heavy (non-hydrogen) atoms. The minimum Gasteiger partial charge on any atom is -0.365 e. The SMILES string of the molecule is N#Cc1nn(-c2c(Cl)cc(C(F)(F)F)cc2Cl)c(NCc2ccc[nH]c2=O)c1S(=O)C(F)(F)F. The van der Waals surface area contributed by atoms with Crippen LogP contribution in [-0.2, 0) is 23.5 Å². The van der Waals surface area contributed by atoms with E-state index in [-0.39, 0.29) is 5.56 Å². The molecular weight excluding hydrogens is 535 g/mol. The lowest BCUT2D eigenvalue weighted by molar-refractivity contribution is -0.137. The average Bonchev–Trinajstić information content (AvgIpc) is 3.08. The molecule has 3 rings (SSSR count). The molecule has 0 saturated heterocycles. The van der Waals surface area contributed by atoms with Crippen LogP contribution in [0.5, 0.6) is 0 Å². The molecule has 0 bridgehead atoms. The number of halogens is 8. The first-order valence-electron chi connectivity index (χ1n) is 8.74. The van der Waals surface area contributed by atoms with E-state index >= 15 is 0 Å². The first-order chi connectivity index (χ1) is 15.8. The molecule has 7 nitrogen and oxygen atoms in total. The molecular formula is C18H9Cl2F6N5O2S. The predicted molar refractivity (Wildman–Crippen MR) is 110 cm³/mol. The van der Waals surface area contributed by atoms with Crippen molar-refractivity contribution in [2.45, 2.75) is 23.1 Å². The van der Waals surface area contributed by atoms with E-state index < -0.39 is 72.3 Å². The van der Waals surface area contributed by atoms with Gasteiger partial charge in [-0.3, -0.25) is 4.79 Å². The van der Waals surface area contributed by atoms with E-state index in [0.717, 1.165) is 0 Å². The Hall–Kier alpha value is -3.02. The second-order valence-electron chi connectivity index (χ2n) is 6.43. The van der Waals surface area contributed by atoms with Crippen molar-refractivity contribution in [3.8, 4) is 11.8 Å². The Kier molecular flexibility index (Phi) is 7.02. The summed E-state index contributed by atoms with van der Waals surface area (Å²) >= 11 is 11.9. The quantitative estimate of drug-likeness (QED) is 0.441. The van der Waals surface area contributed by atoms with Gasteiger partial charge in [-0.2, -0.15) is 36.7 Å². The van der Waals surface area contributed by atoms with Crippen LogP contribution in [0.2, 0.25) is 10.0 Å². The largest absolute Gasteiger partial charge is 0.476 e. The molecule has 180 valence electrons. The second kappa shape index (κ2) is 9.32. The van der Waals surface area contributed by atoms with Crippen LogP contribution < -0.4 is 10.9 Å². The van der Waals surface area contributed by atoms with Gasteiger partial charge in [-0.05, 0) is 18.2 Å². The fourth-order valence-electron chi connectivity index (χ4n) is 2.79. The van der Waals surface area contributed by atoms with Gasteiger partial charge in [-0.15, -0.1) is 0 Å². The van der Waals surface area contributed by atoms with Crippen LogP contribution in [0.4, 0.5) is 32.2 Å². The van der Waals surface area contributed by atoms with Crippen LogP contribution >= 0.6 is 23.2 Å². The van der Waals surface area contributed by atoms with Gasteiger partial charge in [0.05, 0.1) is 15.6 Å². The molecule has 0 radical (unpaired) electrons. The minimum atomic E-state index is -5.33. The fraction of sp³-hybridized carbons (Fsp3) is 0.167. The van der Waals surface area contributed by atoms with Gasteiger partial charge in [0, 0.05) is 18.3 Å². The zero-order chi connectivity index (χ0) is 25.4. The van der Waals surface area contributed by atoms with E-state index in [1.807, 2.05) is 0 Å². The number of rotatable bonds is 5. The van der Waals surface area contributed by atoms with E-state index in [1.54, 1.807) is 0 Å². The first kappa shape index (κ1) is 25.6. The number of anilines is 1. The Balaban J connectivity index is 2.27. The number of nitriles is 1. The highest BCUT2D eigenvalue weighted by molar-refractivity contribution is 7.86. The number of hydrogen-bond donors (Lipinski definition) is 2. The van der Waals surface area contributed by atoms with Crippen LogP contribution in [0.3, 0.4) is 0 Å². The molecule has 0 aliphatic rings. The maximum absolute atomic E-state index is 13.3. The highest BCUT2D eigenvalue weighted by Crippen LogP contribution is 2.41. The third-order valence-electron chi connectivity index (χ3n) is 4.25. The highest BCUT2D eigenvalue weighted by atomic mass is 35.5. The summed E-state index contributed by atoms with van der Waals surface area (Å²) < 4.78 is 91.9. The first-order valence-corrected chi connectivity index (χ1v) is 10.6. The number of hydrogen-bond acceptors (Lipinski definition) is 5. The van der Waals surface area contributed by atoms with Crippen molar-refractivity contribution in [3.05, 3.63) is 67.7 Å². The standard InChI is InChI=1S/C18H9Cl2F6N5O2S/c19-10-4-9(17(21,22)23)5-11(20)13(10)31-15(29-7-8-2-1-3-28-16(8)32)14(12(6-27)30-31)34(33)18(24,25)26/h1-5,29H,7H2,(H,28,32). The molecule has 0 aliphatic carbocycles. The Morgan fingerprint density at radius 1 is 1.18 bits per heavy atom. The van der Waals surface area contributed by atoms with Gasteiger partial charge < -0.3 is 10.3 Å². The van der Waals surface area contributed by atoms with Crippen molar-refractivity contribution in [1.82, 2.24) is 14.8 Å². The zero-order valence-electron chi connectivity index (χ0n) is 16.2. The number of nitrogens with zero attached hydrogens (tertiary/aromatic N) is 3. The molecule has 0 spiro atoms. The van der Waals surface area contributed by atoms with Gasteiger partial charge >= 0.3 is 11.7 Å². The van der Waals surface area contributed by atoms with Crippen LogP contribution in [0.25, 0.3) is 5.69 Å². The van der Waals surface area contributed by atoms with Crippen LogP contribution in [-0.4, -0.2) is 24.5 Å². The van der Waals surface area contributed by atoms with Crippen LogP contribution in [0.1, 0.15) is 16.8 Å². The van der Waals surface area contributed by atoms with E-state index in [0.29, 0.717) is 16.8 Å². The number of aromatic amines is 1. The topological polar surface area (TPSA) is 104 Å². The molecule has 1 aromatic carbocycles. The Bertz CT molecular complexity index is 1350. The number of benzene rings is 1. The normalized spacial score (nSPS) is 12.9. The Labute approximate surface area is 198 Å². The van der Waals surface area contributed by atoms with E-state index in [2.05, 4.69) is 15.4 Å². The lowest BCUT2D eigenvalue weighted by Gasteiger charge is -2.16. The third kappa shape index (κ3) is 5.06. The summed E-state index contributed by atoms with van der Waals surface area (Å²) in [5.74, 6) is -0.709. The number of aromatic nitrogens is 3. The molecule has 0 aliphatic heterocycles. The van der Waals surface area contributed by atoms with Gasteiger partial charge in [-0.1, -0.05) is 29.3 Å². The van der Waals surface area contributed by atoms with E-state index in [4.69, 9.17) is 23.2 Å². The number of alkyl halides is 6. The van der Waals surface area contributed by atoms with E-state index in [1.165, 1.54) is 24.4 Å². The second-order valence-corrected chi connectivity index (χ2v) is 8.65. The molecule has 1 atom stereocenters.